The lowest BCUT2D eigenvalue weighted by atomic mass is 9.75. The van der Waals surface area contributed by atoms with Gasteiger partial charge in [-0.2, -0.15) is 0 Å². The Hall–Kier alpha value is -2.17. The summed E-state index contributed by atoms with van der Waals surface area (Å²) in [7, 11) is 0. The van der Waals surface area contributed by atoms with Gasteiger partial charge in [-0.25, -0.2) is 4.98 Å². The second-order valence-electron chi connectivity index (χ2n) is 9.13. The van der Waals surface area contributed by atoms with Crippen molar-refractivity contribution < 1.29 is 4.74 Å². The summed E-state index contributed by atoms with van der Waals surface area (Å²) in [4.78, 5) is 7.78. The molecule has 1 fully saturated rings. The van der Waals surface area contributed by atoms with Crippen LogP contribution in [0, 0.1) is 5.41 Å². The summed E-state index contributed by atoms with van der Waals surface area (Å²) in [6, 6.07) is 11.1. The minimum atomic E-state index is -0.516. The average Bonchev–Trinajstić information content (AvgIpc) is 3.29. The van der Waals surface area contributed by atoms with Crippen molar-refractivity contribution in [2.24, 2.45) is 5.41 Å². The standard InChI is InChI=1S/C25H33N3O/c1-24(2)12-10-22(11-13-24)26-18-19-29-25(23-27-16-17-28-23)14-8-21(9-15-25)20-6-4-3-5-7-20/h3-9,14,16-17,22,26H,10-13,15,18-19H2,1-2H3,(H,27,28). The van der Waals surface area contributed by atoms with E-state index in [0.717, 1.165) is 18.8 Å². The molecule has 1 aromatic heterocycles. The van der Waals surface area contributed by atoms with Gasteiger partial charge in [0, 0.05) is 31.4 Å². The van der Waals surface area contributed by atoms with Gasteiger partial charge < -0.3 is 15.0 Å². The number of hydrogen-bond acceptors (Lipinski definition) is 3. The van der Waals surface area contributed by atoms with Gasteiger partial charge in [0.1, 0.15) is 11.4 Å². The van der Waals surface area contributed by atoms with E-state index in [1.54, 1.807) is 6.20 Å². The van der Waals surface area contributed by atoms with Crippen molar-refractivity contribution >= 4 is 5.57 Å². The Morgan fingerprint density at radius 2 is 1.97 bits per heavy atom. The number of hydrogen-bond donors (Lipinski definition) is 2. The van der Waals surface area contributed by atoms with Gasteiger partial charge in [-0.1, -0.05) is 56.3 Å². The Kier molecular flexibility index (Phi) is 6.02. The highest BCUT2D eigenvalue weighted by Gasteiger charge is 2.34. The highest BCUT2D eigenvalue weighted by atomic mass is 16.5. The molecule has 4 rings (SSSR count). The number of rotatable bonds is 7. The maximum atomic E-state index is 6.44. The van der Waals surface area contributed by atoms with Gasteiger partial charge in [-0.15, -0.1) is 0 Å². The molecule has 2 aliphatic rings. The van der Waals surface area contributed by atoms with E-state index in [4.69, 9.17) is 4.74 Å². The molecule has 1 aromatic carbocycles. The van der Waals surface area contributed by atoms with E-state index >= 15 is 0 Å². The number of allylic oxidation sites excluding steroid dienone is 2. The highest BCUT2D eigenvalue weighted by molar-refractivity contribution is 5.75. The fourth-order valence-electron chi connectivity index (χ4n) is 4.41. The maximum absolute atomic E-state index is 6.44. The lowest BCUT2D eigenvalue weighted by Gasteiger charge is -2.35. The normalized spacial score (nSPS) is 24.4. The molecule has 0 saturated heterocycles. The zero-order valence-corrected chi connectivity index (χ0v) is 17.7. The van der Waals surface area contributed by atoms with Crippen LogP contribution in [0.25, 0.3) is 5.57 Å². The van der Waals surface area contributed by atoms with Crippen LogP contribution in [0.1, 0.15) is 57.3 Å². The van der Waals surface area contributed by atoms with Crippen molar-refractivity contribution in [3.63, 3.8) is 0 Å². The summed E-state index contributed by atoms with van der Waals surface area (Å²) in [5.74, 6) is 0.872. The lowest BCUT2D eigenvalue weighted by molar-refractivity contribution is -0.0162. The van der Waals surface area contributed by atoms with Crippen molar-refractivity contribution in [2.45, 2.75) is 57.6 Å². The minimum absolute atomic E-state index is 0.508. The summed E-state index contributed by atoms with van der Waals surface area (Å²) >= 11 is 0. The summed E-state index contributed by atoms with van der Waals surface area (Å²) in [5.41, 5.74) is 2.46. The van der Waals surface area contributed by atoms with Gasteiger partial charge in [-0.3, -0.25) is 0 Å². The molecule has 1 heterocycles. The smallest absolute Gasteiger partial charge is 0.147 e. The first-order chi connectivity index (χ1) is 14.1. The first-order valence-electron chi connectivity index (χ1n) is 10.9. The Morgan fingerprint density at radius 1 is 1.17 bits per heavy atom. The van der Waals surface area contributed by atoms with E-state index in [-0.39, 0.29) is 0 Å². The van der Waals surface area contributed by atoms with Crippen LogP contribution in [0.2, 0.25) is 0 Å². The first kappa shape index (κ1) is 20.1. The van der Waals surface area contributed by atoms with Crippen LogP contribution in [0.5, 0.6) is 0 Å². The highest BCUT2D eigenvalue weighted by Crippen LogP contribution is 2.36. The molecular formula is C25H33N3O. The molecule has 4 heteroatoms. The molecule has 1 atom stereocenters. The Morgan fingerprint density at radius 3 is 2.62 bits per heavy atom. The number of aromatic amines is 1. The van der Waals surface area contributed by atoms with Crippen LogP contribution in [-0.4, -0.2) is 29.2 Å². The van der Waals surface area contributed by atoms with Crippen molar-refractivity contribution in [1.82, 2.24) is 15.3 Å². The molecule has 2 N–H and O–H groups in total. The van der Waals surface area contributed by atoms with E-state index in [1.165, 1.54) is 36.8 Å². The molecular weight excluding hydrogens is 358 g/mol. The molecule has 2 aliphatic carbocycles. The molecule has 2 aromatic rings. The van der Waals surface area contributed by atoms with Gasteiger partial charge in [0.05, 0.1) is 6.61 Å². The predicted molar refractivity (Wildman–Crippen MR) is 118 cm³/mol. The molecule has 29 heavy (non-hydrogen) atoms. The van der Waals surface area contributed by atoms with E-state index < -0.39 is 5.60 Å². The van der Waals surface area contributed by atoms with E-state index in [2.05, 4.69) is 71.6 Å². The number of aromatic nitrogens is 2. The van der Waals surface area contributed by atoms with Crippen LogP contribution in [0.15, 0.2) is 61.0 Å². The fourth-order valence-corrected chi connectivity index (χ4v) is 4.41. The van der Waals surface area contributed by atoms with Crippen molar-refractivity contribution in [3.8, 4) is 0 Å². The Bertz CT molecular complexity index is 828. The third-order valence-electron chi connectivity index (χ3n) is 6.40. The molecule has 4 nitrogen and oxygen atoms in total. The number of H-pyrrole nitrogens is 1. The van der Waals surface area contributed by atoms with Crippen LogP contribution in [-0.2, 0) is 10.3 Å². The second kappa shape index (κ2) is 8.68. The van der Waals surface area contributed by atoms with Crippen molar-refractivity contribution in [1.29, 1.82) is 0 Å². The summed E-state index contributed by atoms with van der Waals surface area (Å²) in [6.07, 6.45) is 16.2. The first-order valence-corrected chi connectivity index (χ1v) is 10.9. The molecule has 0 spiro atoms. The third kappa shape index (κ3) is 4.88. The fraction of sp³-hybridized carbons (Fsp3) is 0.480. The van der Waals surface area contributed by atoms with Crippen LogP contribution < -0.4 is 5.32 Å². The predicted octanol–water partition coefficient (Wildman–Crippen LogP) is 5.22. The van der Waals surface area contributed by atoms with Gasteiger partial charge in [0.15, 0.2) is 0 Å². The van der Waals surface area contributed by atoms with Gasteiger partial charge in [-0.05, 0) is 48.3 Å². The molecule has 0 bridgehead atoms. The third-order valence-corrected chi connectivity index (χ3v) is 6.40. The Labute approximate surface area is 174 Å². The quantitative estimate of drug-likeness (QED) is 0.636. The molecule has 0 amide bonds. The molecule has 154 valence electrons. The number of ether oxygens (including phenoxy) is 1. The number of benzene rings is 1. The molecule has 0 aliphatic heterocycles. The Balaban J connectivity index is 1.36. The summed E-state index contributed by atoms with van der Waals surface area (Å²) in [5, 5.41) is 3.70. The number of imidazole rings is 1. The maximum Gasteiger partial charge on any atom is 0.147 e. The van der Waals surface area contributed by atoms with Crippen LogP contribution in [0.3, 0.4) is 0 Å². The monoisotopic (exact) mass is 391 g/mol. The molecule has 0 radical (unpaired) electrons. The zero-order valence-electron chi connectivity index (χ0n) is 17.7. The topological polar surface area (TPSA) is 49.9 Å². The zero-order chi connectivity index (χ0) is 20.2. The SMILES string of the molecule is CC1(C)CCC(NCCOC2(c3ncc[nH]3)C=CC(c3ccccc3)=CC2)CC1. The van der Waals surface area contributed by atoms with Gasteiger partial charge >= 0.3 is 0 Å². The van der Waals surface area contributed by atoms with Gasteiger partial charge in [0.2, 0.25) is 0 Å². The number of nitrogens with zero attached hydrogens (tertiary/aromatic N) is 1. The molecule has 1 saturated carbocycles. The number of nitrogens with one attached hydrogen (secondary N) is 2. The van der Waals surface area contributed by atoms with E-state index in [9.17, 15) is 0 Å². The van der Waals surface area contributed by atoms with Gasteiger partial charge in [0.25, 0.3) is 0 Å². The summed E-state index contributed by atoms with van der Waals surface area (Å²) in [6.45, 7) is 6.30. The summed E-state index contributed by atoms with van der Waals surface area (Å²) < 4.78 is 6.44. The molecule has 1 unspecified atom stereocenters. The van der Waals surface area contributed by atoms with E-state index in [0.29, 0.717) is 18.1 Å². The van der Waals surface area contributed by atoms with E-state index in [1.807, 2.05) is 12.3 Å². The lowest BCUT2D eigenvalue weighted by Crippen LogP contribution is -2.39. The minimum Gasteiger partial charge on any atom is -0.361 e. The second-order valence-corrected chi connectivity index (χ2v) is 9.13. The average molecular weight is 392 g/mol. The van der Waals surface area contributed by atoms with Crippen molar-refractivity contribution in [3.05, 3.63) is 72.3 Å². The van der Waals surface area contributed by atoms with Crippen LogP contribution >= 0.6 is 0 Å². The largest absolute Gasteiger partial charge is 0.361 e. The van der Waals surface area contributed by atoms with Crippen LogP contribution in [0.4, 0.5) is 0 Å². The van der Waals surface area contributed by atoms with Crippen molar-refractivity contribution in [2.75, 3.05) is 13.2 Å².